The number of aromatic nitrogens is 1. The summed E-state index contributed by atoms with van der Waals surface area (Å²) in [6.07, 6.45) is 4.22. The summed E-state index contributed by atoms with van der Waals surface area (Å²) >= 11 is 0. The maximum absolute atomic E-state index is 12.0. The van der Waals surface area contributed by atoms with Gasteiger partial charge in [-0.1, -0.05) is 20.3 Å². The van der Waals surface area contributed by atoms with Crippen molar-refractivity contribution in [1.82, 2.24) is 4.98 Å². The number of amides is 1. The predicted octanol–water partition coefficient (Wildman–Crippen LogP) is 1.42. The molecule has 88 valence electrons. The highest BCUT2D eigenvalue weighted by atomic mass is 16.2. The van der Waals surface area contributed by atoms with Crippen LogP contribution in [0.5, 0.6) is 0 Å². The number of anilines is 1. The van der Waals surface area contributed by atoms with Gasteiger partial charge in [-0.2, -0.15) is 0 Å². The minimum atomic E-state index is -0.442. The number of nitrogens with zero attached hydrogens (tertiary/aromatic N) is 2. The van der Waals surface area contributed by atoms with Crippen molar-refractivity contribution in [3.8, 4) is 0 Å². The molecule has 2 N–H and O–H groups in total. The average molecular weight is 221 g/mol. The second-order valence-electron chi connectivity index (χ2n) is 4.01. The number of carbonyl (C=O) groups excluding carboxylic acids is 1. The van der Waals surface area contributed by atoms with E-state index in [9.17, 15) is 4.79 Å². The maximum Gasteiger partial charge on any atom is 0.243 e. The van der Waals surface area contributed by atoms with Crippen molar-refractivity contribution in [2.45, 2.75) is 26.3 Å². The van der Waals surface area contributed by atoms with Gasteiger partial charge in [-0.15, -0.1) is 0 Å². The second-order valence-corrected chi connectivity index (χ2v) is 4.01. The number of pyridine rings is 1. The summed E-state index contributed by atoms with van der Waals surface area (Å²) in [5.41, 5.74) is 6.72. The molecule has 16 heavy (non-hydrogen) atoms. The van der Waals surface area contributed by atoms with Crippen molar-refractivity contribution in [1.29, 1.82) is 0 Å². The lowest BCUT2D eigenvalue weighted by Gasteiger charge is -2.24. The molecule has 0 spiro atoms. The van der Waals surface area contributed by atoms with Gasteiger partial charge >= 0.3 is 0 Å². The van der Waals surface area contributed by atoms with Gasteiger partial charge in [0.1, 0.15) is 0 Å². The van der Waals surface area contributed by atoms with E-state index in [0.29, 0.717) is 0 Å². The van der Waals surface area contributed by atoms with Gasteiger partial charge in [0.2, 0.25) is 5.91 Å². The lowest BCUT2D eigenvalue weighted by atomic mass is 9.99. The van der Waals surface area contributed by atoms with Gasteiger partial charge in [-0.25, -0.2) is 0 Å². The number of nitrogens with two attached hydrogens (primary N) is 1. The molecule has 0 aromatic carbocycles. The molecule has 0 radical (unpaired) electrons. The van der Waals surface area contributed by atoms with E-state index >= 15 is 0 Å². The first-order valence-corrected chi connectivity index (χ1v) is 5.51. The molecule has 1 heterocycles. The summed E-state index contributed by atoms with van der Waals surface area (Å²) in [4.78, 5) is 17.5. The average Bonchev–Trinajstić information content (AvgIpc) is 2.36. The highest BCUT2D eigenvalue weighted by molar-refractivity contribution is 5.96. The number of rotatable bonds is 4. The quantitative estimate of drug-likeness (QED) is 0.836. The molecule has 0 aliphatic rings. The van der Waals surface area contributed by atoms with Crippen LogP contribution in [-0.2, 0) is 4.79 Å². The van der Waals surface area contributed by atoms with Crippen molar-refractivity contribution in [3.63, 3.8) is 0 Å². The summed E-state index contributed by atoms with van der Waals surface area (Å²) in [5.74, 6) is 0.136. The fourth-order valence-corrected chi connectivity index (χ4v) is 1.42. The highest BCUT2D eigenvalue weighted by Crippen LogP contribution is 2.14. The Morgan fingerprint density at radius 3 is 2.56 bits per heavy atom. The van der Waals surface area contributed by atoms with Crippen molar-refractivity contribution >= 4 is 11.6 Å². The Labute approximate surface area is 96.5 Å². The molecular formula is C12H19N3O. The molecule has 0 fully saturated rings. The molecule has 4 heteroatoms. The zero-order chi connectivity index (χ0) is 12.1. The van der Waals surface area contributed by atoms with Crippen LogP contribution in [0.2, 0.25) is 0 Å². The number of likely N-dealkylation sites (N-methyl/N-ethyl adjacent to an activating group) is 1. The normalized spacial score (nSPS) is 14.2. The van der Waals surface area contributed by atoms with E-state index in [1.165, 1.54) is 0 Å². The van der Waals surface area contributed by atoms with Crippen molar-refractivity contribution < 1.29 is 4.79 Å². The SMILES string of the molecule is CCC(C)[C@H](N)C(=O)N(C)c1ccncc1. The Kier molecular flexibility index (Phi) is 4.43. The van der Waals surface area contributed by atoms with E-state index in [1.54, 1.807) is 36.5 Å². The Morgan fingerprint density at radius 1 is 1.50 bits per heavy atom. The largest absolute Gasteiger partial charge is 0.320 e. The van der Waals surface area contributed by atoms with Gasteiger partial charge in [0, 0.05) is 25.1 Å². The molecule has 4 nitrogen and oxygen atoms in total. The second kappa shape index (κ2) is 5.61. The summed E-state index contributed by atoms with van der Waals surface area (Å²) in [6, 6.07) is 3.14. The minimum absolute atomic E-state index is 0.0550. The molecule has 1 unspecified atom stereocenters. The maximum atomic E-state index is 12.0. The first-order chi connectivity index (χ1) is 7.57. The number of hydrogen-bond donors (Lipinski definition) is 1. The molecular weight excluding hydrogens is 202 g/mol. The standard InChI is InChI=1S/C12H19N3O/c1-4-9(2)11(13)12(16)15(3)10-5-7-14-8-6-10/h5-9,11H,4,13H2,1-3H3/t9?,11-/m0/s1. The zero-order valence-electron chi connectivity index (χ0n) is 10.1. The third kappa shape index (κ3) is 2.79. The molecule has 0 bridgehead atoms. The van der Waals surface area contributed by atoms with Gasteiger partial charge in [0.15, 0.2) is 0 Å². The number of hydrogen-bond acceptors (Lipinski definition) is 3. The van der Waals surface area contributed by atoms with Crippen LogP contribution >= 0.6 is 0 Å². The summed E-state index contributed by atoms with van der Waals surface area (Å²) < 4.78 is 0. The van der Waals surface area contributed by atoms with E-state index in [1.807, 2.05) is 13.8 Å². The van der Waals surface area contributed by atoms with Crippen molar-refractivity contribution in [2.75, 3.05) is 11.9 Å². The van der Waals surface area contributed by atoms with E-state index in [2.05, 4.69) is 4.98 Å². The van der Waals surface area contributed by atoms with E-state index < -0.39 is 6.04 Å². The van der Waals surface area contributed by atoms with Crippen LogP contribution < -0.4 is 10.6 Å². The first kappa shape index (κ1) is 12.6. The Morgan fingerprint density at radius 2 is 2.06 bits per heavy atom. The van der Waals surface area contributed by atoms with Crippen LogP contribution in [0.4, 0.5) is 5.69 Å². The van der Waals surface area contributed by atoms with Crippen LogP contribution in [0.1, 0.15) is 20.3 Å². The van der Waals surface area contributed by atoms with E-state index in [-0.39, 0.29) is 11.8 Å². The first-order valence-electron chi connectivity index (χ1n) is 5.51. The summed E-state index contributed by atoms with van der Waals surface area (Å²) in [7, 11) is 1.74. The molecule has 1 amide bonds. The molecule has 0 saturated carbocycles. The van der Waals surface area contributed by atoms with E-state index in [4.69, 9.17) is 5.73 Å². The van der Waals surface area contributed by atoms with E-state index in [0.717, 1.165) is 12.1 Å². The zero-order valence-corrected chi connectivity index (χ0v) is 10.1. The minimum Gasteiger partial charge on any atom is -0.320 e. The van der Waals surface area contributed by atoms with Gasteiger partial charge in [0.25, 0.3) is 0 Å². The molecule has 0 aliphatic carbocycles. The van der Waals surface area contributed by atoms with Gasteiger partial charge in [0.05, 0.1) is 6.04 Å². The topological polar surface area (TPSA) is 59.2 Å². The third-order valence-electron chi connectivity index (χ3n) is 2.92. The van der Waals surface area contributed by atoms with Crippen LogP contribution in [0.25, 0.3) is 0 Å². The highest BCUT2D eigenvalue weighted by Gasteiger charge is 2.23. The van der Waals surface area contributed by atoms with Gasteiger partial charge in [-0.05, 0) is 18.1 Å². The van der Waals surface area contributed by atoms with Crippen LogP contribution in [-0.4, -0.2) is 24.0 Å². The molecule has 0 saturated heterocycles. The molecule has 1 aromatic heterocycles. The molecule has 2 atom stereocenters. The molecule has 1 rings (SSSR count). The predicted molar refractivity (Wildman–Crippen MR) is 65.1 cm³/mol. The van der Waals surface area contributed by atoms with Gasteiger partial charge in [-0.3, -0.25) is 9.78 Å². The third-order valence-corrected chi connectivity index (χ3v) is 2.92. The van der Waals surface area contributed by atoms with Crippen LogP contribution in [0.15, 0.2) is 24.5 Å². The van der Waals surface area contributed by atoms with Crippen molar-refractivity contribution in [2.24, 2.45) is 11.7 Å². The van der Waals surface area contributed by atoms with Gasteiger partial charge < -0.3 is 10.6 Å². The fourth-order valence-electron chi connectivity index (χ4n) is 1.42. The lowest BCUT2D eigenvalue weighted by Crippen LogP contribution is -2.45. The summed E-state index contributed by atoms with van der Waals surface area (Å²) in [6.45, 7) is 4.02. The summed E-state index contributed by atoms with van der Waals surface area (Å²) in [5, 5.41) is 0. The monoisotopic (exact) mass is 221 g/mol. The molecule has 0 aliphatic heterocycles. The number of carbonyl (C=O) groups is 1. The Hall–Kier alpha value is -1.42. The van der Waals surface area contributed by atoms with Crippen LogP contribution in [0.3, 0.4) is 0 Å². The Bertz CT molecular complexity index is 339. The smallest absolute Gasteiger partial charge is 0.243 e. The lowest BCUT2D eigenvalue weighted by molar-refractivity contribution is -0.120. The fraction of sp³-hybridized carbons (Fsp3) is 0.500. The van der Waals surface area contributed by atoms with Crippen molar-refractivity contribution in [3.05, 3.63) is 24.5 Å². The molecule has 1 aromatic rings. The van der Waals surface area contributed by atoms with Crippen LogP contribution in [0, 0.1) is 5.92 Å². The Balaban J connectivity index is 2.75.